The Hall–Kier alpha value is -2.09. The first-order valence-electron chi connectivity index (χ1n) is 5.49. The SMILES string of the molecule is Cc1[c]cc2ccn(-c3ccc(F)cc3)c2c1. The van der Waals surface area contributed by atoms with Crippen LogP contribution in [0.5, 0.6) is 0 Å². The molecule has 1 aromatic heterocycles. The molecule has 0 atom stereocenters. The highest BCUT2D eigenvalue weighted by Gasteiger charge is 2.03. The third-order valence-electron chi connectivity index (χ3n) is 2.87. The van der Waals surface area contributed by atoms with E-state index in [1.807, 2.05) is 25.3 Å². The molecule has 1 nitrogen and oxygen atoms in total. The second-order valence-electron chi connectivity index (χ2n) is 4.12. The molecule has 0 spiro atoms. The van der Waals surface area contributed by atoms with E-state index in [-0.39, 0.29) is 5.82 Å². The molecular formula is C15H11FN. The molecule has 0 amide bonds. The molecule has 0 aliphatic heterocycles. The molecule has 2 heteroatoms. The van der Waals surface area contributed by atoms with Gasteiger partial charge in [0.25, 0.3) is 0 Å². The Morgan fingerprint density at radius 2 is 1.88 bits per heavy atom. The van der Waals surface area contributed by atoms with Crippen molar-refractivity contribution in [2.45, 2.75) is 6.92 Å². The number of aryl methyl sites for hydroxylation is 1. The van der Waals surface area contributed by atoms with Crippen LogP contribution in [0.25, 0.3) is 16.6 Å². The number of hydrogen-bond donors (Lipinski definition) is 0. The summed E-state index contributed by atoms with van der Waals surface area (Å²) in [5.41, 5.74) is 3.18. The Morgan fingerprint density at radius 1 is 1.12 bits per heavy atom. The number of aromatic nitrogens is 1. The average molecular weight is 224 g/mol. The lowest BCUT2D eigenvalue weighted by Crippen LogP contribution is -1.91. The molecule has 83 valence electrons. The quantitative estimate of drug-likeness (QED) is 0.591. The highest BCUT2D eigenvalue weighted by molar-refractivity contribution is 5.82. The van der Waals surface area contributed by atoms with E-state index in [9.17, 15) is 4.39 Å². The van der Waals surface area contributed by atoms with Crippen molar-refractivity contribution >= 4 is 10.9 Å². The Bertz CT molecular complexity index is 665. The molecule has 0 saturated carbocycles. The standard InChI is InChI=1S/C15H11FN/c1-11-2-3-12-8-9-17(15(12)10-11)14-6-4-13(16)5-7-14/h3-10H,1H3. The summed E-state index contributed by atoms with van der Waals surface area (Å²) in [6.07, 6.45) is 1.99. The summed E-state index contributed by atoms with van der Waals surface area (Å²) in [5, 5.41) is 1.14. The van der Waals surface area contributed by atoms with Gasteiger partial charge in [-0.25, -0.2) is 4.39 Å². The van der Waals surface area contributed by atoms with Crippen LogP contribution in [0.3, 0.4) is 0 Å². The third kappa shape index (κ3) is 1.72. The minimum atomic E-state index is -0.213. The first kappa shape index (κ1) is 10.1. The second-order valence-corrected chi connectivity index (χ2v) is 4.12. The van der Waals surface area contributed by atoms with Crippen molar-refractivity contribution in [3.8, 4) is 5.69 Å². The molecule has 1 radical (unpaired) electrons. The molecule has 0 unspecified atom stereocenters. The lowest BCUT2D eigenvalue weighted by atomic mass is 10.2. The molecular weight excluding hydrogens is 213 g/mol. The van der Waals surface area contributed by atoms with Gasteiger partial charge in [0.05, 0.1) is 5.52 Å². The highest BCUT2D eigenvalue weighted by atomic mass is 19.1. The predicted octanol–water partition coefficient (Wildman–Crippen LogP) is 3.88. The van der Waals surface area contributed by atoms with Gasteiger partial charge in [-0.2, -0.15) is 0 Å². The second kappa shape index (κ2) is 3.74. The summed E-state index contributed by atoms with van der Waals surface area (Å²) in [4.78, 5) is 0. The minimum absolute atomic E-state index is 0.213. The Kier molecular flexibility index (Phi) is 2.22. The number of halogens is 1. The van der Waals surface area contributed by atoms with Gasteiger partial charge < -0.3 is 4.57 Å². The summed E-state index contributed by atoms with van der Waals surface area (Å²) in [6.45, 7) is 2.02. The topological polar surface area (TPSA) is 4.93 Å². The average Bonchev–Trinajstić information content (AvgIpc) is 2.73. The van der Waals surface area contributed by atoms with Crippen molar-refractivity contribution in [1.29, 1.82) is 0 Å². The number of fused-ring (bicyclic) bond motifs is 1. The van der Waals surface area contributed by atoms with Crippen LogP contribution in [-0.4, -0.2) is 4.57 Å². The summed E-state index contributed by atoms with van der Waals surface area (Å²) in [6, 6.07) is 15.8. The molecule has 0 aliphatic rings. The monoisotopic (exact) mass is 224 g/mol. The van der Waals surface area contributed by atoms with Crippen molar-refractivity contribution in [3.63, 3.8) is 0 Å². The Labute approximate surface area is 99.1 Å². The van der Waals surface area contributed by atoms with E-state index in [4.69, 9.17) is 0 Å². The molecule has 17 heavy (non-hydrogen) atoms. The van der Waals surface area contributed by atoms with Crippen LogP contribution >= 0.6 is 0 Å². The zero-order valence-corrected chi connectivity index (χ0v) is 9.44. The maximum Gasteiger partial charge on any atom is 0.123 e. The number of hydrogen-bond acceptors (Lipinski definition) is 0. The van der Waals surface area contributed by atoms with Crippen molar-refractivity contribution in [1.82, 2.24) is 4.57 Å². The van der Waals surface area contributed by atoms with Gasteiger partial charge in [-0.15, -0.1) is 0 Å². The smallest absolute Gasteiger partial charge is 0.123 e. The van der Waals surface area contributed by atoms with E-state index in [1.165, 1.54) is 12.1 Å². The maximum atomic E-state index is 12.9. The lowest BCUT2D eigenvalue weighted by molar-refractivity contribution is 0.627. The van der Waals surface area contributed by atoms with Crippen molar-refractivity contribution in [2.75, 3.05) is 0 Å². The van der Waals surface area contributed by atoms with Crippen LogP contribution in [0, 0.1) is 18.8 Å². The van der Waals surface area contributed by atoms with Gasteiger partial charge in [0.15, 0.2) is 0 Å². The normalized spacial score (nSPS) is 10.9. The predicted molar refractivity (Wildman–Crippen MR) is 66.8 cm³/mol. The van der Waals surface area contributed by atoms with Crippen LogP contribution < -0.4 is 0 Å². The fourth-order valence-electron chi connectivity index (χ4n) is 2.00. The number of rotatable bonds is 1. The Balaban J connectivity index is 2.23. The van der Waals surface area contributed by atoms with Gasteiger partial charge in [-0.05, 0) is 61.0 Å². The molecule has 0 aliphatic carbocycles. The van der Waals surface area contributed by atoms with Crippen LogP contribution in [0.15, 0.2) is 48.7 Å². The molecule has 1 heterocycles. The van der Waals surface area contributed by atoms with Gasteiger partial charge in [-0.3, -0.25) is 0 Å². The van der Waals surface area contributed by atoms with Gasteiger partial charge in [0.2, 0.25) is 0 Å². The van der Waals surface area contributed by atoms with Crippen molar-refractivity contribution in [2.24, 2.45) is 0 Å². The summed E-state index contributed by atoms with van der Waals surface area (Å²) in [5.74, 6) is -0.213. The zero-order valence-electron chi connectivity index (χ0n) is 9.44. The molecule has 2 aromatic carbocycles. The van der Waals surface area contributed by atoms with E-state index in [0.717, 1.165) is 22.2 Å². The molecule has 3 rings (SSSR count). The molecule has 0 saturated heterocycles. The van der Waals surface area contributed by atoms with Crippen LogP contribution in [0.4, 0.5) is 4.39 Å². The Morgan fingerprint density at radius 3 is 2.65 bits per heavy atom. The molecule has 0 bridgehead atoms. The van der Waals surface area contributed by atoms with Crippen molar-refractivity contribution in [3.05, 3.63) is 66.1 Å². The zero-order chi connectivity index (χ0) is 11.8. The van der Waals surface area contributed by atoms with E-state index >= 15 is 0 Å². The fraction of sp³-hybridized carbons (Fsp3) is 0.0667. The van der Waals surface area contributed by atoms with Crippen LogP contribution in [0.2, 0.25) is 0 Å². The van der Waals surface area contributed by atoms with E-state index < -0.39 is 0 Å². The van der Waals surface area contributed by atoms with Gasteiger partial charge >= 0.3 is 0 Å². The maximum absolute atomic E-state index is 12.9. The molecule has 0 fully saturated rings. The lowest BCUT2D eigenvalue weighted by Gasteiger charge is -2.05. The highest BCUT2D eigenvalue weighted by Crippen LogP contribution is 2.21. The number of benzene rings is 2. The molecule has 3 aromatic rings. The fourth-order valence-corrected chi connectivity index (χ4v) is 2.00. The largest absolute Gasteiger partial charge is 0.317 e. The van der Waals surface area contributed by atoms with Crippen LogP contribution in [-0.2, 0) is 0 Å². The van der Waals surface area contributed by atoms with Gasteiger partial charge in [-0.1, -0.05) is 0 Å². The summed E-state index contributed by atoms with van der Waals surface area (Å²) < 4.78 is 14.9. The van der Waals surface area contributed by atoms with E-state index in [0.29, 0.717) is 0 Å². The molecule has 0 N–H and O–H groups in total. The first-order chi connectivity index (χ1) is 8.24. The summed E-state index contributed by atoms with van der Waals surface area (Å²) in [7, 11) is 0. The third-order valence-corrected chi connectivity index (χ3v) is 2.87. The van der Waals surface area contributed by atoms with E-state index in [2.05, 4.69) is 16.7 Å². The van der Waals surface area contributed by atoms with Crippen LogP contribution in [0.1, 0.15) is 5.56 Å². The van der Waals surface area contributed by atoms with Crippen molar-refractivity contribution < 1.29 is 4.39 Å². The van der Waals surface area contributed by atoms with Gasteiger partial charge in [0, 0.05) is 17.3 Å². The minimum Gasteiger partial charge on any atom is -0.317 e. The number of nitrogens with zero attached hydrogens (tertiary/aromatic N) is 1. The first-order valence-corrected chi connectivity index (χ1v) is 5.49. The van der Waals surface area contributed by atoms with Gasteiger partial charge in [0.1, 0.15) is 5.82 Å². The van der Waals surface area contributed by atoms with E-state index in [1.54, 1.807) is 12.1 Å². The summed E-state index contributed by atoms with van der Waals surface area (Å²) >= 11 is 0.